The van der Waals surface area contributed by atoms with Crippen molar-refractivity contribution in [3.63, 3.8) is 0 Å². The van der Waals surface area contributed by atoms with Gasteiger partial charge in [0, 0.05) is 6.42 Å². The largest absolute Gasteiger partial charge is 0.492 e. The first-order valence-corrected chi connectivity index (χ1v) is 6.29. The SMILES string of the molecule is N#CCCCOc1ccc2ccccc2c1Br. The van der Waals surface area contributed by atoms with Gasteiger partial charge in [-0.15, -0.1) is 0 Å². The zero-order valence-corrected chi connectivity index (χ0v) is 10.9. The molecule has 2 nitrogen and oxygen atoms in total. The van der Waals surface area contributed by atoms with Crippen LogP contribution in [0.5, 0.6) is 5.75 Å². The van der Waals surface area contributed by atoms with Crippen LogP contribution in [0.3, 0.4) is 0 Å². The summed E-state index contributed by atoms with van der Waals surface area (Å²) in [6, 6.07) is 14.3. The van der Waals surface area contributed by atoms with Crippen LogP contribution in [0.2, 0.25) is 0 Å². The van der Waals surface area contributed by atoms with Gasteiger partial charge in [-0.05, 0) is 39.2 Å². The summed E-state index contributed by atoms with van der Waals surface area (Å²) in [4.78, 5) is 0. The van der Waals surface area contributed by atoms with Crippen LogP contribution in [-0.4, -0.2) is 6.61 Å². The van der Waals surface area contributed by atoms with Crippen molar-refractivity contribution in [2.45, 2.75) is 12.8 Å². The van der Waals surface area contributed by atoms with Crippen molar-refractivity contribution in [1.29, 1.82) is 5.26 Å². The van der Waals surface area contributed by atoms with Crippen LogP contribution in [0.25, 0.3) is 10.8 Å². The minimum Gasteiger partial charge on any atom is -0.492 e. The van der Waals surface area contributed by atoms with E-state index in [1.807, 2.05) is 24.3 Å². The van der Waals surface area contributed by atoms with E-state index in [9.17, 15) is 0 Å². The standard InChI is InChI=1S/C14H12BrNO/c15-14-12-6-2-1-5-11(12)7-8-13(14)17-10-4-3-9-16/h1-2,5-8H,3-4,10H2. The average Bonchev–Trinajstić information content (AvgIpc) is 2.37. The fraction of sp³-hybridized carbons (Fsp3) is 0.214. The van der Waals surface area contributed by atoms with Gasteiger partial charge in [0.15, 0.2) is 0 Å². The highest BCUT2D eigenvalue weighted by atomic mass is 79.9. The lowest BCUT2D eigenvalue weighted by Gasteiger charge is -2.09. The van der Waals surface area contributed by atoms with E-state index >= 15 is 0 Å². The quantitative estimate of drug-likeness (QED) is 0.787. The fourth-order valence-electron chi connectivity index (χ4n) is 1.66. The predicted molar refractivity (Wildman–Crippen MR) is 72.0 cm³/mol. The van der Waals surface area contributed by atoms with Crippen LogP contribution in [0.15, 0.2) is 40.9 Å². The number of unbranched alkanes of at least 4 members (excludes halogenated alkanes) is 1. The average molecular weight is 290 g/mol. The molecule has 0 radical (unpaired) electrons. The van der Waals surface area contributed by atoms with E-state index in [4.69, 9.17) is 10.00 Å². The molecular weight excluding hydrogens is 278 g/mol. The number of nitriles is 1. The summed E-state index contributed by atoms with van der Waals surface area (Å²) < 4.78 is 6.63. The van der Waals surface area contributed by atoms with Gasteiger partial charge in [0.25, 0.3) is 0 Å². The third-order valence-corrected chi connectivity index (χ3v) is 3.34. The molecule has 0 N–H and O–H groups in total. The maximum atomic E-state index is 8.44. The summed E-state index contributed by atoms with van der Waals surface area (Å²) in [5, 5.41) is 10.8. The zero-order valence-electron chi connectivity index (χ0n) is 9.32. The van der Waals surface area contributed by atoms with E-state index in [-0.39, 0.29) is 0 Å². The zero-order chi connectivity index (χ0) is 12.1. The van der Waals surface area contributed by atoms with E-state index in [1.54, 1.807) is 0 Å². The van der Waals surface area contributed by atoms with Crippen LogP contribution in [0, 0.1) is 11.3 Å². The first-order chi connectivity index (χ1) is 8.33. The molecule has 0 aromatic heterocycles. The molecule has 0 aliphatic rings. The Morgan fingerprint density at radius 3 is 2.82 bits per heavy atom. The number of rotatable bonds is 4. The van der Waals surface area contributed by atoms with Crippen molar-refractivity contribution in [2.24, 2.45) is 0 Å². The lowest BCUT2D eigenvalue weighted by molar-refractivity contribution is 0.311. The second kappa shape index (κ2) is 5.70. The van der Waals surface area contributed by atoms with Crippen molar-refractivity contribution in [3.05, 3.63) is 40.9 Å². The molecule has 0 fully saturated rings. The Balaban J connectivity index is 2.18. The van der Waals surface area contributed by atoms with Crippen LogP contribution in [-0.2, 0) is 0 Å². The van der Waals surface area contributed by atoms with Crippen LogP contribution in [0.1, 0.15) is 12.8 Å². The number of halogens is 1. The topological polar surface area (TPSA) is 33.0 Å². The summed E-state index contributed by atoms with van der Waals surface area (Å²) in [5.74, 6) is 0.835. The molecule has 0 spiro atoms. The Hall–Kier alpha value is -1.53. The first-order valence-electron chi connectivity index (χ1n) is 5.50. The molecule has 0 aliphatic heterocycles. The van der Waals surface area contributed by atoms with Crippen LogP contribution >= 0.6 is 15.9 Å². The molecule has 0 atom stereocenters. The number of fused-ring (bicyclic) bond motifs is 1. The molecule has 2 aromatic carbocycles. The Morgan fingerprint density at radius 2 is 2.00 bits per heavy atom. The molecule has 86 valence electrons. The summed E-state index contributed by atoms with van der Waals surface area (Å²) in [5.41, 5.74) is 0. The van der Waals surface area contributed by atoms with Gasteiger partial charge < -0.3 is 4.74 Å². The van der Waals surface area contributed by atoms with Crippen molar-refractivity contribution in [2.75, 3.05) is 6.61 Å². The predicted octanol–water partition coefficient (Wildman–Crippen LogP) is 4.28. The van der Waals surface area contributed by atoms with Gasteiger partial charge in [-0.1, -0.05) is 30.3 Å². The molecule has 17 heavy (non-hydrogen) atoms. The Bertz CT molecular complexity index is 560. The van der Waals surface area contributed by atoms with E-state index in [1.165, 1.54) is 5.39 Å². The number of hydrogen-bond donors (Lipinski definition) is 0. The van der Waals surface area contributed by atoms with E-state index in [2.05, 4.69) is 34.1 Å². The Kier molecular flexibility index (Phi) is 4.00. The highest BCUT2D eigenvalue weighted by molar-refractivity contribution is 9.10. The second-order valence-electron chi connectivity index (χ2n) is 3.71. The first kappa shape index (κ1) is 11.9. The smallest absolute Gasteiger partial charge is 0.134 e. The summed E-state index contributed by atoms with van der Waals surface area (Å²) >= 11 is 3.56. The number of benzene rings is 2. The fourth-order valence-corrected chi connectivity index (χ4v) is 2.27. The highest BCUT2D eigenvalue weighted by Crippen LogP contribution is 2.33. The van der Waals surface area contributed by atoms with E-state index < -0.39 is 0 Å². The van der Waals surface area contributed by atoms with Gasteiger partial charge in [0.05, 0.1) is 17.1 Å². The van der Waals surface area contributed by atoms with Crippen molar-refractivity contribution in [3.8, 4) is 11.8 Å². The third kappa shape index (κ3) is 2.78. The Morgan fingerprint density at radius 1 is 1.18 bits per heavy atom. The minimum absolute atomic E-state index is 0.533. The summed E-state index contributed by atoms with van der Waals surface area (Å²) in [7, 11) is 0. The molecular formula is C14H12BrNO. The van der Waals surface area contributed by atoms with E-state index in [0.29, 0.717) is 13.0 Å². The van der Waals surface area contributed by atoms with Gasteiger partial charge in [-0.3, -0.25) is 0 Å². The minimum atomic E-state index is 0.533. The van der Waals surface area contributed by atoms with E-state index in [0.717, 1.165) is 22.0 Å². The van der Waals surface area contributed by atoms with Crippen molar-refractivity contribution in [1.82, 2.24) is 0 Å². The maximum Gasteiger partial charge on any atom is 0.134 e. The number of hydrogen-bond acceptors (Lipinski definition) is 2. The van der Waals surface area contributed by atoms with Gasteiger partial charge in [-0.25, -0.2) is 0 Å². The second-order valence-corrected chi connectivity index (χ2v) is 4.50. The lowest BCUT2D eigenvalue weighted by Crippen LogP contribution is -1.97. The van der Waals surface area contributed by atoms with Gasteiger partial charge in [0.2, 0.25) is 0 Å². The van der Waals surface area contributed by atoms with Crippen LogP contribution in [0.4, 0.5) is 0 Å². The van der Waals surface area contributed by atoms with Crippen LogP contribution < -0.4 is 4.74 Å². The molecule has 0 saturated carbocycles. The lowest BCUT2D eigenvalue weighted by atomic mass is 10.1. The van der Waals surface area contributed by atoms with Crippen molar-refractivity contribution < 1.29 is 4.74 Å². The molecule has 2 rings (SSSR count). The van der Waals surface area contributed by atoms with Gasteiger partial charge in [0.1, 0.15) is 5.75 Å². The maximum absolute atomic E-state index is 8.44. The summed E-state index contributed by atoms with van der Waals surface area (Å²) in [6.07, 6.45) is 1.29. The van der Waals surface area contributed by atoms with Gasteiger partial charge >= 0.3 is 0 Å². The monoisotopic (exact) mass is 289 g/mol. The molecule has 0 unspecified atom stereocenters. The molecule has 0 amide bonds. The molecule has 0 saturated heterocycles. The molecule has 2 aromatic rings. The number of ether oxygens (including phenoxy) is 1. The molecule has 0 heterocycles. The van der Waals surface area contributed by atoms with Crippen molar-refractivity contribution >= 4 is 26.7 Å². The normalized spacial score (nSPS) is 10.1. The highest BCUT2D eigenvalue weighted by Gasteiger charge is 2.05. The molecule has 3 heteroatoms. The Labute approximate surface area is 109 Å². The number of nitrogens with zero attached hydrogens (tertiary/aromatic N) is 1. The third-order valence-electron chi connectivity index (χ3n) is 2.52. The molecule has 0 aliphatic carbocycles. The summed E-state index contributed by atoms with van der Waals surface area (Å²) in [6.45, 7) is 0.574. The molecule has 0 bridgehead atoms. The van der Waals surface area contributed by atoms with Gasteiger partial charge in [-0.2, -0.15) is 5.26 Å².